The highest BCUT2D eigenvalue weighted by Gasteiger charge is 2.32. The third-order valence-corrected chi connectivity index (χ3v) is 4.51. The molecular weight excluding hydrogens is 387 g/mol. The molecule has 5 heteroatoms. The van der Waals surface area contributed by atoms with Crippen molar-refractivity contribution in [2.75, 3.05) is 6.61 Å². The summed E-state index contributed by atoms with van der Waals surface area (Å²) in [5, 5.41) is 0.509. The van der Waals surface area contributed by atoms with Crippen molar-refractivity contribution >= 4 is 34.2 Å². The highest BCUT2D eigenvalue weighted by molar-refractivity contribution is 14.1. The van der Waals surface area contributed by atoms with Crippen LogP contribution in [0.15, 0.2) is 0 Å². The molecule has 0 spiro atoms. The summed E-state index contributed by atoms with van der Waals surface area (Å²) in [5.74, 6) is 0.676. The van der Waals surface area contributed by atoms with Crippen LogP contribution in [0.2, 0.25) is 5.15 Å². The van der Waals surface area contributed by atoms with Gasteiger partial charge in [-0.2, -0.15) is 0 Å². The van der Waals surface area contributed by atoms with Crippen molar-refractivity contribution in [3.8, 4) is 0 Å². The number of aromatic nitrogens is 2. The second-order valence-corrected chi connectivity index (χ2v) is 8.42. The molecule has 0 aliphatic heterocycles. The molecule has 0 saturated heterocycles. The third kappa shape index (κ3) is 4.28. The zero-order valence-corrected chi connectivity index (χ0v) is 16.3. The summed E-state index contributed by atoms with van der Waals surface area (Å²) in [6.07, 6.45) is -0.164. The lowest BCUT2D eigenvalue weighted by Gasteiger charge is -2.30. The van der Waals surface area contributed by atoms with Gasteiger partial charge in [-0.1, -0.05) is 53.1 Å². The van der Waals surface area contributed by atoms with Crippen LogP contribution in [0.25, 0.3) is 0 Å². The van der Waals surface area contributed by atoms with Crippen LogP contribution in [-0.4, -0.2) is 16.6 Å². The molecule has 0 aliphatic carbocycles. The number of rotatable bonds is 3. The summed E-state index contributed by atoms with van der Waals surface area (Å²) in [4.78, 5) is 9.22. The second kappa shape index (κ2) is 6.44. The van der Waals surface area contributed by atoms with E-state index in [-0.39, 0.29) is 16.9 Å². The SMILES string of the molecule is CCOC(c1nc(Cl)c(I)c(C(C)(C)C)n1)C(C)(C)C. The lowest BCUT2D eigenvalue weighted by atomic mass is 9.87. The first-order valence-electron chi connectivity index (χ1n) is 6.83. The average molecular weight is 411 g/mol. The molecule has 0 radical (unpaired) electrons. The standard InChI is InChI=1S/C15H24ClIN2O/c1-8-20-11(15(5,6)7)13-18-10(14(2,3)4)9(17)12(16)19-13/h11H,8H2,1-7H3. The van der Waals surface area contributed by atoms with Crippen LogP contribution < -0.4 is 0 Å². The Hall–Kier alpha value is 0.0600. The first-order chi connectivity index (χ1) is 8.98. The van der Waals surface area contributed by atoms with Gasteiger partial charge >= 0.3 is 0 Å². The molecule has 0 aromatic carbocycles. The van der Waals surface area contributed by atoms with Gasteiger partial charge in [0.05, 0.1) is 9.26 Å². The minimum atomic E-state index is -0.164. The van der Waals surface area contributed by atoms with E-state index in [4.69, 9.17) is 21.3 Å². The van der Waals surface area contributed by atoms with E-state index >= 15 is 0 Å². The lowest BCUT2D eigenvalue weighted by Crippen LogP contribution is -2.26. The zero-order chi connectivity index (χ0) is 15.7. The largest absolute Gasteiger partial charge is 0.370 e. The molecule has 0 fully saturated rings. The Morgan fingerprint density at radius 1 is 1.15 bits per heavy atom. The fraction of sp³-hybridized carbons (Fsp3) is 0.733. The molecule has 1 heterocycles. The van der Waals surface area contributed by atoms with Crippen LogP contribution in [-0.2, 0) is 10.2 Å². The summed E-state index contributed by atoms with van der Waals surface area (Å²) >= 11 is 8.52. The van der Waals surface area contributed by atoms with Crippen molar-refractivity contribution in [3.63, 3.8) is 0 Å². The van der Waals surface area contributed by atoms with E-state index in [1.165, 1.54) is 0 Å². The molecule has 3 nitrogen and oxygen atoms in total. The number of halogens is 2. The third-order valence-electron chi connectivity index (χ3n) is 2.89. The Morgan fingerprint density at radius 3 is 2.10 bits per heavy atom. The maximum absolute atomic E-state index is 6.31. The molecule has 114 valence electrons. The Balaban J connectivity index is 3.42. The molecular formula is C15H24ClIN2O. The van der Waals surface area contributed by atoms with E-state index in [9.17, 15) is 0 Å². The molecule has 0 aliphatic rings. The van der Waals surface area contributed by atoms with Gasteiger partial charge in [-0.25, -0.2) is 9.97 Å². The average Bonchev–Trinajstić information content (AvgIpc) is 2.26. The summed E-state index contributed by atoms with van der Waals surface area (Å²) in [6, 6.07) is 0. The Labute approximate surface area is 141 Å². The number of ether oxygens (including phenoxy) is 1. The molecule has 1 unspecified atom stereocenters. The fourth-order valence-electron chi connectivity index (χ4n) is 1.93. The summed E-state index contributed by atoms with van der Waals surface area (Å²) < 4.78 is 6.79. The topological polar surface area (TPSA) is 35.0 Å². The van der Waals surface area contributed by atoms with Gasteiger partial charge in [-0.15, -0.1) is 0 Å². The van der Waals surface area contributed by atoms with Crippen LogP contribution in [0, 0.1) is 8.99 Å². The van der Waals surface area contributed by atoms with E-state index in [2.05, 4.69) is 69.1 Å². The van der Waals surface area contributed by atoms with Crippen molar-refractivity contribution in [1.29, 1.82) is 0 Å². The Morgan fingerprint density at radius 2 is 1.70 bits per heavy atom. The Bertz CT molecular complexity index is 478. The second-order valence-electron chi connectivity index (χ2n) is 6.99. The van der Waals surface area contributed by atoms with Gasteiger partial charge in [-0.3, -0.25) is 0 Å². The van der Waals surface area contributed by atoms with Gasteiger partial charge in [0, 0.05) is 12.0 Å². The van der Waals surface area contributed by atoms with Crippen LogP contribution in [0.4, 0.5) is 0 Å². The van der Waals surface area contributed by atoms with Crippen molar-refractivity contribution < 1.29 is 4.74 Å². The van der Waals surface area contributed by atoms with Gasteiger partial charge in [0.15, 0.2) is 5.82 Å². The van der Waals surface area contributed by atoms with Crippen molar-refractivity contribution in [2.45, 2.75) is 60.0 Å². The van der Waals surface area contributed by atoms with Gasteiger partial charge in [0.1, 0.15) is 11.3 Å². The van der Waals surface area contributed by atoms with E-state index in [1.807, 2.05) is 6.92 Å². The van der Waals surface area contributed by atoms with E-state index in [0.717, 1.165) is 9.26 Å². The van der Waals surface area contributed by atoms with Crippen molar-refractivity contribution in [3.05, 3.63) is 20.2 Å². The zero-order valence-electron chi connectivity index (χ0n) is 13.3. The maximum Gasteiger partial charge on any atom is 0.159 e. The molecule has 0 N–H and O–H groups in total. The summed E-state index contributed by atoms with van der Waals surface area (Å²) in [6.45, 7) is 15.4. The minimum absolute atomic E-state index is 0.0769. The summed E-state index contributed by atoms with van der Waals surface area (Å²) in [7, 11) is 0. The van der Waals surface area contributed by atoms with Gasteiger partial charge in [0.2, 0.25) is 0 Å². The normalized spacial score (nSPS) is 14.4. The van der Waals surface area contributed by atoms with Gasteiger partial charge < -0.3 is 4.74 Å². The molecule has 1 rings (SSSR count). The quantitative estimate of drug-likeness (QED) is 0.510. The highest BCUT2D eigenvalue weighted by atomic mass is 127. The first kappa shape index (κ1) is 18.1. The van der Waals surface area contributed by atoms with Crippen LogP contribution in [0.5, 0.6) is 0 Å². The molecule has 1 aromatic heterocycles. The number of hydrogen-bond donors (Lipinski definition) is 0. The molecule has 0 bridgehead atoms. The molecule has 1 aromatic rings. The lowest BCUT2D eigenvalue weighted by molar-refractivity contribution is -0.0193. The van der Waals surface area contributed by atoms with E-state index in [1.54, 1.807) is 0 Å². The van der Waals surface area contributed by atoms with Crippen LogP contribution >= 0.6 is 34.2 Å². The first-order valence-corrected chi connectivity index (χ1v) is 8.29. The number of hydrogen-bond acceptors (Lipinski definition) is 3. The van der Waals surface area contributed by atoms with Crippen molar-refractivity contribution in [2.24, 2.45) is 5.41 Å². The minimum Gasteiger partial charge on any atom is -0.370 e. The maximum atomic E-state index is 6.31. The van der Waals surface area contributed by atoms with Crippen LogP contribution in [0.3, 0.4) is 0 Å². The predicted octanol–water partition coefficient (Wildman–Crippen LogP) is 5.16. The van der Waals surface area contributed by atoms with Crippen LogP contribution in [0.1, 0.15) is 66.1 Å². The molecule has 1 atom stereocenters. The number of nitrogens with zero attached hydrogens (tertiary/aromatic N) is 2. The predicted molar refractivity (Wildman–Crippen MR) is 92.3 cm³/mol. The Kier molecular flexibility index (Phi) is 5.83. The van der Waals surface area contributed by atoms with E-state index < -0.39 is 0 Å². The molecule has 0 saturated carbocycles. The smallest absolute Gasteiger partial charge is 0.159 e. The van der Waals surface area contributed by atoms with Crippen molar-refractivity contribution in [1.82, 2.24) is 9.97 Å². The molecule has 20 heavy (non-hydrogen) atoms. The fourth-order valence-corrected chi connectivity index (χ4v) is 3.16. The summed E-state index contributed by atoms with van der Waals surface area (Å²) in [5.41, 5.74) is 0.815. The van der Waals surface area contributed by atoms with Gasteiger partial charge in [0.25, 0.3) is 0 Å². The van der Waals surface area contributed by atoms with E-state index in [0.29, 0.717) is 17.6 Å². The highest BCUT2D eigenvalue weighted by Crippen LogP contribution is 2.37. The monoisotopic (exact) mass is 410 g/mol. The molecule has 0 amide bonds. The van der Waals surface area contributed by atoms with Gasteiger partial charge in [-0.05, 0) is 34.9 Å².